The molecular weight excluding hydrogens is 453 g/mol. The van der Waals surface area contributed by atoms with Gasteiger partial charge in [0, 0.05) is 10.0 Å². The maximum atomic E-state index is 13.6. The van der Waals surface area contributed by atoms with E-state index in [4.69, 9.17) is 0 Å². The molecule has 0 saturated carbocycles. The van der Waals surface area contributed by atoms with Gasteiger partial charge in [0.1, 0.15) is 5.82 Å². The first-order chi connectivity index (χ1) is 14.0. The Morgan fingerprint density at radius 1 is 1.14 bits per heavy atom. The molecule has 4 rings (SSSR count). The van der Waals surface area contributed by atoms with Gasteiger partial charge in [-0.2, -0.15) is 10.1 Å². The molecule has 4 aromatic rings. The Labute approximate surface area is 179 Å². The van der Waals surface area contributed by atoms with Crippen LogP contribution in [0.15, 0.2) is 76.3 Å². The fourth-order valence-corrected chi connectivity index (χ4v) is 4.03. The number of carbonyl (C=O) groups is 1. The molecule has 0 atom stereocenters. The highest BCUT2D eigenvalue weighted by molar-refractivity contribution is 9.10. The van der Waals surface area contributed by atoms with Gasteiger partial charge in [-0.25, -0.2) is 9.37 Å². The number of thiazole rings is 1. The van der Waals surface area contributed by atoms with Gasteiger partial charge in [0.2, 0.25) is 5.13 Å². The number of amides is 1. The topological polar surface area (TPSA) is 45.6 Å². The minimum Gasteiger partial charge on any atom is -0.267 e. The first kappa shape index (κ1) is 19.4. The minimum absolute atomic E-state index is 0.325. The second kappa shape index (κ2) is 8.23. The number of halogens is 2. The lowest BCUT2D eigenvalue weighted by atomic mass is 10.2. The lowest BCUT2D eigenvalue weighted by Gasteiger charge is -2.14. The minimum atomic E-state index is -0.347. The number of aryl methyl sites for hydroxylation is 1. The van der Waals surface area contributed by atoms with Crippen LogP contribution in [0.1, 0.15) is 21.5 Å². The van der Waals surface area contributed by atoms with Crippen LogP contribution in [0.3, 0.4) is 0 Å². The third kappa shape index (κ3) is 4.41. The molecule has 0 aliphatic heterocycles. The highest BCUT2D eigenvalue weighted by atomic mass is 79.9. The van der Waals surface area contributed by atoms with Crippen molar-refractivity contribution in [2.45, 2.75) is 6.92 Å². The Hall–Kier alpha value is -2.90. The predicted octanol–water partition coefficient (Wildman–Crippen LogP) is 6.19. The molecule has 0 bridgehead atoms. The molecule has 3 aromatic carbocycles. The normalized spacial score (nSPS) is 11.3. The van der Waals surface area contributed by atoms with Gasteiger partial charge in [-0.3, -0.25) is 4.79 Å². The zero-order valence-electron chi connectivity index (χ0n) is 15.3. The van der Waals surface area contributed by atoms with Crippen LogP contribution < -0.4 is 5.01 Å². The van der Waals surface area contributed by atoms with E-state index in [-0.39, 0.29) is 11.7 Å². The van der Waals surface area contributed by atoms with E-state index >= 15 is 0 Å². The molecule has 4 nitrogen and oxygen atoms in total. The van der Waals surface area contributed by atoms with Gasteiger partial charge in [0.05, 0.1) is 16.4 Å². The van der Waals surface area contributed by atoms with Crippen molar-refractivity contribution in [3.05, 3.63) is 93.7 Å². The molecule has 0 saturated heterocycles. The average Bonchev–Trinajstić information content (AvgIpc) is 3.12. The van der Waals surface area contributed by atoms with Crippen LogP contribution >= 0.6 is 27.3 Å². The SMILES string of the molecule is Cc1ccc(/C=N/N(C(=O)c2cccc(Br)c2)c2nc3ccc(F)cc3s2)cc1. The molecule has 0 radical (unpaired) electrons. The lowest BCUT2D eigenvalue weighted by Crippen LogP contribution is -2.25. The van der Waals surface area contributed by atoms with E-state index in [2.05, 4.69) is 26.0 Å². The number of anilines is 1. The molecule has 0 aliphatic rings. The summed E-state index contributed by atoms with van der Waals surface area (Å²) in [6, 6.07) is 19.2. The summed E-state index contributed by atoms with van der Waals surface area (Å²) in [4.78, 5) is 17.7. The quantitative estimate of drug-likeness (QED) is 0.265. The number of hydrogen-bond acceptors (Lipinski definition) is 4. The molecule has 0 fully saturated rings. The van der Waals surface area contributed by atoms with Crippen LogP contribution in [-0.4, -0.2) is 17.1 Å². The highest BCUT2D eigenvalue weighted by Crippen LogP contribution is 2.30. The summed E-state index contributed by atoms with van der Waals surface area (Å²) in [6.07, 6.45) is 1.61. The number of nitrogens with zero attached hydrogens (tertiary/aromatic N) is 3. The predicted molar refractivity (Wildman–Crippen MR) is 119 cm³/mol. The van der Waals surface area contributed by atoms with Crippen LogP contribution in [0.4, 0.5) is 9.52 Å². The van der Waals surface area contributed by atoms with Gasteiger partial charge < -0.3 is 0 Å². The van der Waals surface area contributed by atoms with E-state index < -0.39 is 0 Å². The van der Waals surface area contributed by atoms with E-state index in [0.29, 0.717) is 20.9 Å². The summed E-state index contributed by atoms with van der Waals surface area (Å²) in [7, 11) is 0. The van der Waals surface area contributed by atoms with Crippen LogP contribution in [0.5, 0.6) is 0 Å². The summed E-state index contributed by atoms with van der Waals surface area (Å²) in [5.74, 6) is -0.671. The summed E-state index contributed by atoms with van der Waals surface area (Å²) in [5.41, 5.74) is 3.07. The smallest absolute Gasteiger partial charge is 0.267 e. The summed E-state index contributed by atoms with van der Waals surface area (Å²) >= 11 is 4.60. The molecule has 0 N–H and O–H groups in total. The van der Waals surface area contributed by atoms with Crippen LogP contribution in [0.25, 0.3) is 10.2 Å². The lowest BCUT2D eigenvalue weighted by molar-refractivity contribution is 0.0988. The van der Waals surface area contributed by atoms with Crippen molar-refractivity contribution in [3.8, 4) is 0 Å². The van der Waals surface area contributed by atoms with E-state index in [1.54, 1.807) is 30.5 Å². The molecular formula is C22H15BrFN3OS. The van der Waals surface area contributed by atoms with E-state index in [1.165, 1.54) is 28.5 Å². The first-order valence-corrected chi connectivity index (χ1v) is 10.4. The van der Waals surface area contributed by atoms with Crippen molar-refractivity contribution in [2.75, 3.05) is 5.01 Å². The molecule has 0 spiro atoms. The van der Waals surface area contributed by atoms with Crippen molar-refractivity contribution in [1.82, 2.24) is 4.98 Å². The number of rotatable bonds is 4. The van der Waals surface area contributed by atoms with Crippen molar-refractivity contribution in [1.29, 1.82) is 0 Å². The van der Waals surface area contributed by atoms with E-state index in [9.17, 15) is 9.18 Å². The third-order valence-electron chi connectivity index (χ3n) is 4.18. The molecule has 29 heavy (non-hydrogen) atoms. The number of benzene rings is 3. The standard InChI is InChI=1S/C22H15BrFN3OS/c1-14-5-7-15(8-6-14)13-25-27(21(28)16-3-2-4-17(23)11-16)22-26-19-10-9-18(24)12-20(19)29-22/h2-13H,1H3/b25-13+. The molecule has 0 unspecified atom stereocenters. The Morgan fingerprint density at radius 3 is 2.69 bits per heavy atom. The average molecular weight is 468 g/mol. The van der Waals surface area contributed by atoms with Crippen LogP contribution in [-0.2, 0) is 0 Å². The first-order valence-electron chi connectivity index (χ1n) is 8.76. The largest absolute Gasteiger partial charge is 0.280 e. The number of carbonyl (C=O) groups excluding carboxylic acids is 1. The Morgan fingerprint density at radius 2 is 1.93 bits per heavy atom. The highest BCUT2D eigenvalue weighted by Gasteiger charge is 2.21. The van der Waals surface area contributed by atoms with Gasteiger partial charge in [0.25, 0.3) is 5.91 Å². The maximum Gasteiger partial charge on any atom is 0.280 e. The Kier molecular flexibility index (Phi) is 5.51. The number of aromatic nitrogens is 1. The van der Waals surface area contributed by atoms with E-state index in [1.807, 2.05) is 37.3 Å². The second-order valence-electron chi connectivity index (χ2n) is 6.39. The van der Waals surface area contributed by atoms with Crippen molar-refractivity contribution >= 4 is 54.7 Å². The monoisotopic (exact) mass is 467 g/mol. The van der Waals surface area contributed by atoms with Crippen LogP contribution in [0.2, 0.25) is 0 Å². The summed E-state index contributed by atoms with van der Waals surface area (Å²) in [5, 5.41) is 6.04. The zero-order valence-corrected chi connectivity index (χ0v) is 17.7. The van der Waals surface area contributed by atoms with Gasteiger partial charge in [-0.1, -0.05) is 63.2 Å². The third-order valence-corrected chi connectivity index (χ3v) is 5.67. The zero-order chi connectivity index (χ0) is 20.4. The fourth-order valence-electron chi connectivity index (χ4n) is 2.69. The van der Waals surface area contributed by atoms with Gasteiger partial charge in [0.15, 0.2) is 0 Å². The maximum absolute atomic E-state index is 13.6. The molecule has 144 valence electrons. The Bertz CT molecular complexity index is 1220. The van der Waals surface area contributed by atoms with Gasteiger partial charge in [-0.15, -0.1) is 0 Å². The molecule has 7 heteroatoms. The molecule has 1 aromatic heterocycles. The summed E-state index contributed by atoms with van der Waals surface area (Å²) in [6.45, 7) is 2.00. The van der Waals surface area contributed by atoms with E-state index in [0.717, 1.165) is 15.6 Å². The number of hydrogen-bond donors (Lipinski definition) is 0. The van der Waals surface area contributed by atoms with Crippen molar-refractivity contribution in [3.63, 3.8) is 0 Å². The molecule has 0 aliphatic carbocycles. The van der Waals surface area contributed by atoms with Crippen molar-refractivity contribution in [2.24, 2.45) is 5.10 Å². The van der Waals surface area contributed by atoms with Crippen molar-refractivity contribution < 1.29 is 9.18 Å². The molecule has 1 amide bonds. The second-order valence-corrected chi connectivity index (χ2v) is 8.32. The summed E-state index contributed by atoms with van der Waals surface area (Å²) < 4.78 is 15.0. The number of fused-ring (bicyclic) bond motifs is 1. The van der Waals surface area contributed by atoms with Gasteiger partial charge >= 0.3 is 0 Å². The Balaban J connectivity index is 1.76. The van der Waals surface area contributed by atoms with Gasteiger partial charge in [-0.05, 0) is 48.9 Å². The number of hydrazone groups is 1. The fraction of sp³-hybridized carbons (Fsp3) is 0.0455. The molecule has 1 heterocycles. The van der Waals surface area contributed by atoms with Crippen LogP contribution in [0, 0.1) is 12.7 Å².